The number of benzene rings is 1. The molecule has 2 N–H and O–H groups in total. The van der Waals surface area contributed by atoms with Crippen LogP contribution >= 0.6 is 12.4 Å². The molecule has 1 aliphatic carbocycles. The zero-order valence-electron chi connectivity index (χ0n) is 10.3. The van der Waals surface area contributed by atoms with Crippen LogP contribution < -0.4 is 5.73 Å². The van der Waals surface area contributed by atoms with Gasteiger partial charge >= 0.3 is 0 Å². The summed E-state index contributed by atoms with van der Waals surface area (Å²) in [5.74, 6) is 0. The number of hydrogen-bond donors (Lipinski definition) is 1. The fourth-order valence-electron chi connectivity index (χ4n) is 2.51. The zero-order chi connectivity index (χ0) is 11.2. The van der Waals surface area contributed by atoms with Crippen molar-refractivity contribution in [3.63, 3.8) is 0 Å². The topological polar surface area (TPSA) is 26.0 Å². The summed E-state index contributed by atoms with van der Waals surface area (Å²) in [5.41, 5.74) is 10.4. The summed E-state index contributed by atoms with van der Waals surface area (Å²) >= 11 is 0. The predicted molar refractivity (Wildman–Crippen MR) is 76.6 cm³/mol. The fraction of sp³-hybridized carbons (Fsp3) is 0.467. The Morgan fingerprint density at radius 1 is 0.882 bits per heavy atom. The quantitative estimate of drug-likeness (QED) is 0.811. The van der Waals surface area contributed by atoms with Crippen molar-refractivity contribution in [2.45, 2.75) is 38.5 Å². The van der Waals surface area contributed by atoms with E-state index in [4.69, 9.17) is 5.73 Å². The van der Waals surface area contributed by atoms with Crippen LogP contribution in [0.2, 0.25) is 0 Å². The Labute approximate surface area is 111 Å². The first kappa shape index (κ1) is 14.3. The van der Waals surface area contributed by atoms with Gasteiger partial charge in [0.1, 0.15) is 0 Å². The van der Waals surface area contributed by atoms with E-state index < -0.39 is 0 Å². The molecule has 0 aromatic heterocycles. The maximum Gasteiger partial charge on any atom is 0.0139 e. The average Bonchev–Trinajstić information content (AvgIpc) is 2.55. The lowest BCUT2D eigenvalue weighted by Gasteiger charge is -2.11. The highest BCUT2D eigenvalue weighted by atomic mass is 35.5. The molecule has 2 rings (SSSR count). The van der Waals surface area contributed by atoms with Crippen molar-refractivity contribution in [1.82, 2.24) is 0 Å². The van der Waals surface area contributed by atoms with Crippen LogP contribution in [0.15, 0.2) is 41.5 Å². The van der Waals surface area contributed by atoms with Crippen LogP contribution in [0.5, 0.6) is 0 Å². The summed E-state index contributed by atoms with van der Waals surface area (Å²) in [6.07, 6.45) is 7.60. The van der Waals surface area contributed by atoms with Crippen LogP contribution in [0, 0.1) is 0 Å². The van der Waals surface area contributed by atoms with Gasteiger partial charge in [-0.3, -0.25) is 0 Å². The maximum atomic E-state index is 5.86. The van der Waals surface area contributed by atoms with Gasteiger partial charge in [-0.15, -0.1) is 12.4 Å². The molecule has 0 heterocycles. The molecule has 0 spiro atoms. The van der Waals surface area contributed by atoms with Crippen LogP contribution in [0.25, 0.3) is 0 Å². The Hall–Kier alpha value is -0.790. The molecule has 0 saturated heterocycles. The number of rotatable bonds is 3. The van der Waals surface area contributed by atoms with E-state index in [0.717, 1.165) is 13.0 Å². The van der Waals surface area contributed by atoms with Gasteiger partial charge in [-0.05, 0) is 37.7 Å². The van der Waals surface area contributed by atoms with Gasteiger partial charge in [-0.1, -0.05) is 47.9 Å². The lowest BCUT2D eigenvalue weighted by molar-refractivity contribution is 0.702. The summed E-state index contributed by atoms with van der Waals surface area (Å²) in [5, 5.41) is 0. The summed E-state index contributed by atoms with van der Waals surface area (Å²) in [7, 11) is 0. The van der Waals surface area contributed by atoms with E-state index in [9.17, 15) is 0 Å². The van der Waals surface area contributed by atoms with Gasteiger partial charge in [0, 0.05) is 6.54 Å². The highest BCUT2D eigenvalue weighted by molar-refractivity contribution is 5.85. The number of hydrogen-bond acceptors (Lipinski definition) is 1. The van der Waals surface area contributed by atoms with Gasteiger partial charge in [-0.2, -0.15) is 0 Å². The van der Waals surface area contributed by atoms with E-state index in [1.165, 1.54) is 43.2 Å². The summed E-state index contributed by atoms with van der Waals surface area (Å²) < 4.78 is 0. The molecule has 0 aliphatic heterocycles. The molecule has 0 radical (unpaired) electrons. The van der Waals surface area contributed by atoms with Crippen molar-refractivity contribution in [3.05, 3.63) is 47.0 Å². The van der Waals surface area contributed by atoms with Crippen LogP contribution in [0.3, 0.4) is 0 Å². The molecule has 1 nitrogen and oxygen atoms in total. The summed E-state index contributed by atoms with van der Waals surface area (Å²) in [6, 6.07) is 10.7. The van der Waals surface area contributed by atoms with Gasteiger partial charge in [0.15, 0.2) is 0 Å². The zero-order valence-corrected chi connectivity index (χ0v) is 11.1. The largest absolute Gasteiger partial charge is 0.327 e. The molecular formula is C15H22ClN. The molecule has 2 heteroatoms. The second-order valence-electron chi connectivity index (χ2n) is 4.63. The van der Waals surface area contributed by atoms with Crippen LogP contribution in [-0.2, 0) is 6.42 Å². The third-order valence-corrected chi connectivity index (χ3v) is 3.46. The first-order valence-electron chi connectivity index (χ1n) is 6.34. The molecule has 17 heavy (non-hydrogen) atoms. The van der Waals surface area contributed by atoms with E-state index in [1.54, 1.807) is 5.57 Å². The van der Waals surface area contributed by atoms with Gasteiger partial charge in [0.25, 0.3) is 0 Å². The molecule has 0 amide bonds. The van der Waals surface area contributed by atoms with Crippen molar-refractivity contribution in [3.8, 4) is 0 Å². The Morgan fingerprint density at radius 3 is 2.18 bits per heavy atom. The molecular weight excluding hydrogens is 230 g/mol. The second kappa shape index (κ2) is 7.52. The summed E-state index contributed by atoms with van der Waals surface area (Å²) in [6.45, 7) is 0.752. The monoisotopic (exact) mass is 251 g/mol. The number of allylic oxidation sites excluding steroid dienone is 1. The Bertz CT molecular complexity index is 356. The fourth-order valence-corrected chi connectivity index (χ4v) is 2.51. The third-order valence-electron chi connectivity index (χ3n) is 3.46. The molecule has 0 saturated carbocycles. The first-order valence-corrected chi connectivity index (χ1v) is 6.34. The maximum absolute atomic E-state index is 5.86. The first-order chi connectivity index (χ1) is 7.90. The third kappa shape index (κ3) is 4.18. The SMILES string of the molecule is Cl.NCC1=C(Cc2ccccc2)CCCCC1. The van der Waals surface area contributed by atoms with E-state index >= 15 is 0 Å². The van der Waals surface area contributed by atoms with Gasteiger partial charge in [-0.25, -0.2) is 0 Å². The van der Waals surface area contributed by atoms with Crippen molar-refractivity contribution in [2.24, 2.45) is 5.73 Å². The molecule has 0 fully saturated rings. The normalized spacial score (nSPS) is 16.3. The van der Waals surface area contributed by atoms with E-state index in [-0.39, 0.29) is 12.4 Å². The second-order valence-corrected chi connectivity index (χ2v) is 4.63. The van der Waals surface area contributed by atoms with E-state index in [2.05, 4.69) is 30.3 Å². The van der Waals surface area contributed by atoms with Crippen LogP contribution in [-0.4, -0.2) is 6.54 Å². The van der Waals surface area contributed by atoms with Crippen molar-refractivity contribution < 1.29 is 0 Å². The van der Waals surface area contributed by atoms with Gasteiger partial charge < -0.3 is 5.73 Å². The molecule has 0 bridgehead atoms. The van der Waals surface area contributed by atoms with Gasteiger partial charge in [0.05, 0.1) is 0 Å². The lowest BCUT2D eigenvalue weighted by Crippen LogP contribution is -2.07. The number of nitrogens with two attached hydrogens (primary N) is 1. The predicted octanol–water partition coefficient (Wildman–Crippen LogP) is 3.87. The van der Waals surface area contributed by atoms with Crippen molar-refractivity contribution in [1.29, 1.82) is 0 Å². The smallest absolute Gasteiger partial charge is 0.0139 e. The van der Waals surface area contributed by atoms with Crippen LogP contribution in [0.1, 0.15) is 37.7 Å². The van der Waals surface area contributed by atoms with Crippen molar-refractivity contribution >= 4 is 12.4 Å². The molecule has 0 atom stereocenters. The minimum atomic E-state index is 0. The van der Waals surface area contributed by atoms with Crippen molar-refractivity contribution in [2.75, 3.05) is 6.54 Å². The minimum Gasteiger partial charge on any atom is -0.327 e. The standard InChI is InChI=1S/C15H21N.ClH/c16-12-15-10-6-2-5-9-14(15)11-13-7-3-1-4-8-13;/h1,3-4,7-8H,2,5-6,9-12,16H2;1H. The highest BCUT2D eigenvalue weighted by Gasteiger charge is 2.10. The molecule has 94 valence electrons. The molecule has 1 aromatic carbocycles. The average molecular weight is 252 g/mol. The Balaban J connectivity index is 0.00000144. The Kier molecular flexibility index (Phi) is 6.31. The number of halogens is 1. The molecule has 1 aromatic rings. The molecule has 0 unspecified atom stereocenters. The van der Waals surface area contributed by atoms with Crippen LogP contribution in [0.4, 0.5) is 0 Å². The Morgan fingerprint density at radius 2 is 1.53 bits per heavy atom. The van der Waals surface area contributed by atoms with E-state index in [1.807, 2.05) is 0 Å². The summed E-state index contributed by atoms with van der Waals surface area (Å²) in [4.78, 5) is 0. The van der Waals surface area contributed by atoms with E-state index in [0.29, 0.717) is 0 Å². The lowest BCUT2D eigenvalue weighted by atomic mass is 9.96. The minimum absolute atomic E-state index is 0. The highest BCUT2D eigenvalue weighted by Crippen LogP contribution is 2.25. The van der Waals surface area contributed by atoms with Gasteiger partial charge in [0.2, 0.25) is 0 Å². The molecule has 1 aliphatic rings.